The molecule has 2 aromatic carbocycles. The van der Waals surface area contributed by atoms with Crippen LogP contribution < -0.4 is 10.9 Å². The smallest absolute Gasteiger partial charge is 0.277 e. The molecule has 5 rings (SSSR count). The number of aromatic nitrogens is 3. The van der Waals surface area contributed by atoms with Gasteiger partial charge >= 0.3 is 0 Å². The molecule has 2 heterocycles. The molecule has 0 atom stereocenters. The number of anilines is 1. The molecule has 6 nitrogen and oxygen atoms in total. The zero-order valence-electron chi connectivity index (χ0n) is 16.7. The molecule has 0 bridgehead atoms. The predicted octanol–water partition coefficient (Wildman–Crippen LogP) is 4.16. The number of thiazole rings is 1. The number of nitrogens with zero attached hydrogens (tertiary/aromatic N) is 3. The molecule has 31 heavy (non-hydrogen) atoms. The molecule has 0 radical (unpaired) electrons. The van der Waals surface area contributed by atoms with E-state index in [0.717, 1.165) is 29.7 Å². The lowest BCUT2D eigenvalue weighted by molar-refractivity contribution is 0.102. The van der Waals surface area contributed by atoms with Crippen molar-refractivity contribution in [2.75, 3.05) is 5.32 Å². The minimum atomic E-state index is -0.392. The van der Waals surface area contributed by atoms with E-state index in [9.17, 15) is 9.59 Å². The van der Waals surface area contributed by atoms with Crippen LogP contribution in [-0.4, -0.2) is 20.7 Å². The van der Waals surface area contributed by atoms with E-state index in [1.807, 2.05) is 35.7 Å². The predicted molar refractivity (Wildman–Crippen MR) is 122 cm³/mol. The van der Waals surface area contributed by atoms with Crippen LogP contribution >= 0.6 is 11.3 Å². The van der Waals surface area contributed by atoms with E-state index in [0.29, 0.717) is 11.7 Å². The Labute approximate surface area is 183 Å². The summed E-state index contributed by atoms with van der Waals surface area (Å²) in [6.07, 6.45) is 3.46. The first-order valence-electron chi connectivity index (χ1n) is 10.2. The minimum Gasteiger partial charge on any atom is -0.296 e. The summed E-state index contributed by atoms with van der Waals surface area (Å²) in [5.41, 5.74) is 5.57. The average Bonchev–Trinajstić information content (AvgIpc) is 3.45. The fourth-order valence-corrected chi connectivity index (χ4v) is 4.51. The molecule has 1 N–H and O–H groups in total. The number of benzene rings is 2. The molecule has 0 saturated carbocycles. The summed E-state index contributed by atoms with van der Waals surface area (Å²) in [6, 6.07) is 18.8. The zero-order valence-corrected chi connectivity index (χ0v) is 17.6. The van der Waals surface area contributed by atoms with Crippen molar-refractivity contribution < 1.29 is 4.79 Å². The third kappa shape index (κ3) is 4.18. The van der Waals surface area contributed by atoms with Crippen LogP contribution in [0, 0.1) is 0 Å². The quantitative estimate of drug-likeness (QED) is 0.518. The maximum absolute atomic E-state index is 12.7. The van der Waals surface area contributed by atoms with Gasteiger partial charge in [-0.15, -0.1) is 11.3 Å². The van der Waals surface area contributed by atoms with E-state index in [-0.39, 0.29) is 11.3 Å². The first-order chi connectivity index (χ1) is 15.2. The van der Waals surface area contributed by atoms with Crippen LogP contribution in [0.4, 0.5) is 5.13 Å². The number of rotatable bonds is 5. The molecule has 0 saturated heterocycles. The van der Waals surface area contributed by atoms with E-state index in [2.05, 4.69) is 33.6 Å². The topological polar surface area (TPSA) is 76.9 Å². The Balaban J connectivity index is 1.33. The van der Waals surface area contributed by atoms with E-state index in [4.69, 9.17) is 0 Å². The summed E-state index contributed by atoms with van der Waals surface area (Å²) in [4.78, 5) is 29.4. The van der Waals surface area contributed by atoms with E-state index >= 15 is 0 Å². The van der Waals surface area contributed by atoms with Crippen LogP contribution in [0.15, 0.2) is 70.8 Å². The van der Waals surface area contributed by atoms with Crippen molar-refractivity contribution in [3.8, 4) is 11.3 Å². The molecule has 0 fully saturated rings. The van der Waals surface area contributed by atoms with Gasteiger partial charge in [-0.3, -0.25) is 14.9 Å². The van der Waals surface area contributed by atoms with Crippen LogP contribution in [0.25, 0.3) is 11.3 Å². The summed E-state index contributed by atoms with van der Waals surface area (Å²) >= 11 is 1.37. The molecule has 0 aliphatic heterocycles. The van der Waals surface area contributed by atoms with Crippen molar-refractivity contribution >= 4 is 22.4 Å². The second kappa shape index (κ2) is 8.28. The van der Waals surface area contributed by atoms with Crippen LogP contribution in [0.5, 0.6) is 0 Å². The Morgan fingerprint density at radius 1 is 1.03 bits per heavy atom. The van der Waals surface area contributed by atoms with Gasteiger partial charge in [0.1, 0.15) is 5.69 Å². The van der Waals surface area contributed by atoms with Crippen molar-refractivity contribution in [3.05, 3.63) is 98.8 Å². The van der Waals surface area contributed by atoms with Crippen molar-refractivity contribution in [2.45, 2.75) is 25.8 Å². The molecule has 7 heteroatoms. The molecule has 0 unspecified atom stereocenters. The SMILES string of the molecule is O=C(Nc1nc(-c2ccc3c(c2)CCC3)cs1)c1ccc(=O)n(Cc2ccccc2)n1. The first-order valence-corrected chi connectivity index (χ1v) is 11.0. The highest BCUT2D eigenvalue weighted by molar-refractivity contribution is 7.14. The summed E-state index contributed by atoms with van der Waals surface area (Å²) in [6.45, 7) is 0.306. The second-order valence-electron chi connectivity index (χ2n) is 7.53. The van der Waals surface area contributed by atoms with Crippen molar-refractivity contribution in [2.24, 2.45) is 0 Å². The largest absolute Gasteiger partial charge is 0.296 e. The molecular formula is C24H20N4O2S. The summed E-state index contributed by atoms with van der Waals surface area (Å²) in [5, 5.41) is 9.48. The number of amides is 1. The summed E-state index contributed by atoms with van der Waals surface area (Å²) < 4.78 is 1.29. The maximum atomic E-state index is 12.7. The molecule has 0 spiro atoms. The Bertz CT molecular complexity index is 1310. The Morgan fingerprint density at radius 2 is 1.87 bits per heavy atom. The number of fused-ring (bicyclic) bond motifs is 1. The van der Waals surface area contributed by atoms with Gasteiger partial charge in [0.15, 0.2) is 5.13 Å². The fraction of sp³-hybridized carbons (Fsp3) is 0.167. The normalized spacial score (nSPS) is 12.5. The Morgan fingerprint density at radius 3 is 2.74 bits per heavy atom. The van der Waals surface area contributed by atoms with Gasteiger partial charge in [0, 0.05) is 17.0 Å². The van der Waals surface area contributed by atoms with Gasteiger partial charge < -0.3 is 0 Å². The van der Waals surface area contributed by atoms with Gasteiger partial charge in [-0.1, -0.05) is 42.5 Å². The summed E-state index contributed by atoms with van der Waals surface area (Å²) in [5.74, 6) is -0.392. The third-order valence-corrected chi connectivity index (χ3v) is 6.15. The van der Waals surface area contributed by atoms with Gasteiger partial charge in [0.2, 0.25) is 0 Å². The minimum absolute atomic E-state index is 0.171. The molecule has 2 aromatic heterocycles. The fourth-order valence-electron chi connectivity index (χ4n) is 3.80. The number of hydrogen-bond donors (Lipinski definition) is 1. The number of carbonyl (C=O) groups excluding carboxylic acids is 1. The maximum Gasteiger partial charge on any atom is 0.277 e. The lowest BCUT2D eigenvalue weighted by Crippen LogP contribution is -2.26. The first kappa shape index (κ1) is 19.4. The molecular weight excluding hydrogens is 408 g/mol. The van der Waals surface area contributed by atoms with E-state index in [1.165, 1.54) is 45.7 Å². The van der Waals surface area contributed by atoms with Gasteiger partial charge in [-0.05, 0) is 48.1 Å². The van der Waals surface area contributed by atoms with Gasteiger partial charge in [0.25, 0.3) is 11.5 Å². The molecule has 4 aromatic rings. The molecule has 1 aliphatic rings. The monoisotopic (exact) mass is 428 g/mol. The van der Waals surface area contributed by atoms with Gasteiger partial charge in [-0.2, -0.15) is 5.10 Å². The Hall–Kier alpha value is -3.58. The van der Waals surface area contributed by atoms with Crippen LogP contribution in [-0.2, 0) is 19.4 Å². The molecule has 1 amide bonds. The molecule has 1 aliphatic carbocycles. The van der Waals surface area contributed by atoms with Gasteiger partial charge in [-0.25, -0.2) is 9.67 Å². The number of nitrogens with one attached hydrogen (secondary N) is 1. The van der Waals surface area contributed by atoms with Crippen molar-refractivity contribution in [1.82, 2.24) is 14.8 Å². The van der Waals surface area contributed by atoms with Crippen LogP contribution in [0.1, 0.15) is 33.6 Å². The average molecular weight is 429 g/mol. The lowest BCUT2D eigenvalue weighted by atomic mass is 10.1. The van der Waals surface area contributed by atoms with Gasteiger partial charge in [0.05, 0.1) is 12.2 Å². The van der Waals surface area contributed by atoms with Crippen molar-refractivity contribution in [1.29, 1.82) is 0 Å². The number of carbonyl (C=O) groups is 1. The standard InChI is InChI=1S/C24H20N4O2S/c29-22-12-11-20(27-28(22)14-16-5-2-1-3-6-16)23(30)26-24-25-21(15-31-24)19-10-9-17-7-4-8-18(17)13-19/h1-3,5-6,9-13,15H,4,7-8,14H2,(H,25,26,30). The summed E-state index contributed by atoms with van der Waals surface area (Å²) in [7, 11) is 0. The Kier molecular flexibility index (Phi) is 5.18. The number of hydrogen-bond acceptors (Lipinski definition) is 5. The number of aryl methyl sites for hydroxylation is 2. The third-order valence-electron chi connectivity index (χ3n) is 5.39. The van der Waals surface area contributed by atoms with Crippen molar-refractivity contribution in [3.63, 3.8) is 0 Å². The second-order valence-corrected chi connectivity index (χ2v) is 8.39. The highest BCUT2D eigenvalue weighted by Crippen LogP contribution is 2.30. The molecule has 154 valence electrons. The van der Waals surface area contributed by atoms with Crippen LogP contribution in [0.2, 0.25) is 0 Å². The zero-order chi connectivity index (χ0) is 21.2. The lowest BCUT2D eigenvalue weighted by Gasteiger charge is -2.07. The van der Waals surface area contributed by atoms with E-state index < -0.39 is 5.91 Å². The van der Waals surface area contributed by atoms with Crippen LogP contribution in [0.3, 0.4) is 0 Å². The highest BCUT2D eigenvalue weighted by atomic mass is 32.1. The highest BCUT2D eigenvalue weighted by Gasteiger charge is 2.15. The van der Waals surface area contributed by atoms with E-state index in [1.54, 1.807) is 0 Å².